The highest BCUT2D eigenvalue weighted by molar-refractivity contribution is 8.03. The van der Waals surface area contributed by atoms with Gasteiger partial charge in [-0.25, -0.2) is 0 Å². The smallest absolute Gasteiger partial charge is 0.251 e. The molecule has 2 aromatic rings. The van der Waals surface area contributed by atoms with Gasteiger partial charge in [0.2, 0.25) is 12.3 Å². The Morgan fingerprint density at radius 2 is 1.85 bits per heavy atom. The molecule has 11 heteroatoms. The third-order valence-corrected chi connectivity index (χ3v) is 7.80. The summed E-state index contributed by atoms with van der Waals surface area (Å²) in [5.41, 5.74) is 3.33. The van der Waals surface area contributed by atoms with E-state index in [1.807, 2.05) is 70.2 Å². The highest BCUT2D eigenvalue weighted by Gasteiger charge is 2.11. The quantitative estimate of drug-likeness (QED) is 0.0921. The molecule has 2 heterocycles. The van der Waals surface area contributed by atoms with E-state index in [0.29, 0.717) is 30.6 Å². The van der Waals surface area contributed by atoms with Crippen LogP contribution in [-0.2, 0) is 16.0 Å². The molecular formula is C37H57N7O3S. The van der Waals surface area contributed by atoms with Crippen LogP contribution in [0, 0.1) is 11.3 Å². The molecule has 1 saturated heterocycles. The van der Waals surface area contributed by atoms with Gasteiger partial charge < -0.3 is 26.2 Å². The van der Waals surface area contributed by atoms with Crippen LogP contribution in [0.25, 0.3) is 0 Å². The van der Waals surface area contributed by atoms with Crippen molar-refractivity contribution in [2.24, 2.45) is 0 Å². The lowest BCUT2D eigenvalue weighted by Crippen LogP contribution is -2.33. The topological polar surface area (TPSA) is 139 Å². The van der Waals surface area contributed by atoms with Crippen LogP contribution in [0.4, 0.5) is 5.69 Å². The van der Waals surface area contributed by atoms with Gasteiger partial charge in [0.1, 0.15) is 0 Å². The maximum absolute atomic E-state index is 12.1. The van der Waals surface area contributed by atoms with Gasteiger partial charge in [0.25, 0.3) is 5.91 Å². The minimum Gasteiger partial charge on any atom is -0.362 e. The molecule has 0 bridgehead atoms. The summed E-state index contributed by atoms with van der Waals surface area (Å²) in [4.78, 5) is 39.7. The van der Waals surface area contributed by atoms with Crippen LogP contribution in [0.3, 0.4) is 0 Å². The van der Waals surface area contributed by atoms with E-state index >= 15 is 0 Å². The Hall–Kier alpha value is -4.14. The fraction of sp³-hybridized carbons (Fsp3) is 0.486. The second kappa shape index (κ2) is 30.2. The van der Waals surface area contributed by atoms with Crippen LogP contribution in [0.2, 0.25) is 0 Å². The maximum atomic E-state index is 12.1. The number of anilines is 1. The van der Waals surface area contributed by atoms with Crippen LogP contribution in [0.5, 0.6) is 0 Å². The molecule has 1 aliphatic rings. The van der Waals surface area contributed by atoms with Gasteiger partial charge in [0.15, 0.2) is 0 Å². The third kappa shape index (κ3) is 22.4. The second-order valence-corrected chi connectivity index (χ2v) is 11.8. The third-order valence-electron chi connectivity index (χ3n) is 6.69. The summed E-state index contributed by atoms with van der Waals surface area (Å²) in [5, 5.41) is 21.4. The first-order chi connectivity index (χ1) is 23.3. The van der Waals surface area contributed by atoms with Gasteiger partial charge in [-0.3, -0.25) is 19.4 Å². The van der Waals surface area contributed by atoms with E-state index in [2.05, 4.69) is 37.7 Å². The fourth-order valence-electron chi connectivity index (χ4n) is 4.16. The molecule has 1 fully saturated rings. The number of amides is 3. The molecule has 10 nitrogen and oxygen atoms in total. The van der Waals surface area contributed by atoms with E-state index in [-0.39, 0.29) is 17.1 Å². The van der Waals surface area contributed by atoms with Gasteiger partial charge in [0.05, 0.1) is 11.3 Å². The Kier molecular flexibility index (Phi) is 27.6. The number of thioether (sulfide) groups is 1. The second-order valence-electron chi connectivity index (χ2n) is 10.6. The maximum Gasteiger partial charge on any atom is 0.251 e. The number of hydrogen-bond acceptors (Lipinski definition) is 8. The number of benzene rings is 1. The summed E-state index contributed by atoms with van der Waals surface area (Å²) in [5.74, 6) is 0.0141. The van der Waals surface area contributed by atoms with Crippen LogP contribution >= 0.6 is 11.8 Å². The molecule has 1 aliphatic heterocycles. The Bertz CT molecular complexity index is 1230. The number of nitrogens with one attached hydrogen (secondary N) is 4. The van der Waals surface area contributed by atoms with Crippen molar-refractivity contribution in [3.8, 4) is 6.07 Å². The fourth-order valence-corrected chi connectivity index (χ4v) is 4.83. The molecule has 4 N–H and O–H groups in total. The molecule has 1 aromatic heterocycles. The number of nitriles is 1. The van der Waals surface area contributed by atoms with Gasteiger partial charge in [-0.05, 0) is 107 Å². The number of nitrogens with zero attached hydrogens (tertiary/aromatic N) is 3. The molecule has 3 rings (SSSR count). The van der Waals surface area contributed by atoms with Crippen molar-refractivity contribution < 1.29 is 14.4 Å². The average molecular weight is 680 g/mol. The zero-order valence-electron chi connectivity index (χ0n) is 29.6. The molecule has 3 amide bonds. The molecule has 0 spiro atoms. The summed E-state index contributed by atoms with van der Waals surface area (Å²) >= 11 is 1.37. The van der Waals surface area contributed by atoms with Gasteiger partial charge >= 0.3 is 0 Å². The largest absolute Gasteiger partial charge is 0.362 e. The predicted octanol–water partition coefficient (Wildman–Crippen LogP) is 6.31. The van der Waals surface area contributed by atoms with E-state index in [9.17, 15) is 14.4 Å². The minimum atomic E-state index is -0.134. The van der Waals surface area contributed by atoms with E-state index in [0.717, 1.165) is 43.6 Å². The molecule has 48 heavy (non-hydrogen) atoms. The number of allylic oxidation sites excluding steroid dienone is 1. The van der Waals surface area contributed by atoms with Crippen LogP contribution in [0.1, 0.15) is 82.6 Å². The SMILES string of the molecule is C=CNc1cccc(C(=O)NCCCN2CCCCC2)c1.CC.CCCNC(=O)C(C)S/C=C(\C)C#N.O=CNCCc1cccnc1. The van der Waals surface area contributed by atoms with Gasteiger partial charge in [-0.2, -0.15) is 5.26 Å². The number of aromatic nitrogens is 1. The highest BCUT2D eigenvalue weighted by atomic mass is 32.2. The molecule has 1 atom stereocenters. The molecule has 1 aromatic carbocycles. The molecular weight excluding hydrogens is 623 g/mol. The Morgan fingerprint density at radius 3 is 2.48 bits per heavy atom. The zero-order valence-corrected chi connectivity index (χ0v) is 30.4. The Morgan fingerprint density at radius 1 is 1.10 bits per heavy atom. The Balaban J connectivity index is 0.000000713. The first kappa shape index (κ1) is 43.9. The number of pyridine rings is 1. The number of carbonyl (C=O) groups excluding carboxylic acids is 3. The lowest BCUT2D eigenvalue weighted by Gasteiger charge is -2.26. The normalized spacial score (nSPS) is 12.8. The van der Waals surface area contributed by atoms with Crippen molar-refractivity contribution >= 4 is 35.7 Å². The van der Waals surface area contributed by atoms with Crippen LogP contribution < -0.4 is 21.3 Å². The van der Waals surface area contributed by atoms with E-state index in [4.69, 9.17) is 5.26 Å². The van der Waals surface area contributed by atoms with E-state index < -0.39 is 0 Å². The summed E-state index contributed by atoms with van der Waals surface area (Å²) in [6.07, 6.45) is 12.6. The Labute approximate surface area is 293 Å². The monoisotopic (exact) mass is 679 g/mol. The standard InChI is InChI=1S/C17H25N3O.C10H16N2OS.C8H10N2O.C2H6/c1-2-18-16-9-6-8-15(14-16)17(21)19-10-7-13-20-11-4-3-5-12-20;1-4-5-12-10(13)9(3)14-7-8(2)6-11;11-7-10-5-3-8-2-1-4-9-6-8;1-2/h2,6,8-9,14,18H,1,3-5,7,10-13H2,(H,19,21);7,9H,4-5H2,1-3H3,(H,12,13);1-2,4,6-7H,3,5H2,(H,10,11);1-2H3/b;8-7+;;. The number of carbonyl (C=O) groups is 3. The van der Waals surface area contributed by atoms with Crippen molar-refractivity contribution in [2.45, 2.75) is 78.4 Å². The van der Waals surface area contributed by atoms with Crippen molar-refractivity contribution in [3.05, 3.63) is 83.7 Å². The lowest BCUT2D eigenvalue weighted by molar-refractivity contribution is -0.120. The van der Waals surface area contributed by atoms with Crippen molar-refractivity contribution in [2.75, 3.05) is 44.6 Å². The van der Waals surface area contributed by atoms with E-state index in [1.165, 1.54) is 44.1 Å². The minimum absolute atomic E-state index is 0.0126. The number of hydrogen-bond donors (Lipinski definition) is 4. The van der Waals surface area contributed by atoms with E-state index in [1.54, 1.807) is 30.9 Å². The highest BCUT2D eigenvalue weighted by Crippen LogP contribution is 2.14. The zero-order chi connectivity index (χ0) is 35.8. The van der Waals surface area contributed by atoms with Gasteiger partial charge in [-0.1, -0.05) is 45.9 Å². The molecule has 0 saturated carbocycles. The van der Waals surface area contributed by atoms with Crippen molar-refractivity contribution in [3.63, 3.8) is 0 Å². The first-order valence-corrected chi connectivity index (χ1v) is 17.8. The average Bonchev–Trinajstić information content (AvgIpc) is 3.13. The number of rotatable bonds is 16. The van der Waals surface area contributed by atoms with Crippen molar-refractivity contribution in [1.82, 2.24) is 25.8 Å². The molecule has 1 unspecified atom stereocenters. The number of piperidine rings is 1. The number of likely N-dealkylation sites (tertiary alicyclic amines) is 1. The van der Waals surface area contributed by atoms with Crippen LogP contribution in [0.15, 0.2) is 72.6 Å². The van der Waals surface area contributed by atoms with Crippen molar-refractivity contribution in [1.29, 1.82) is 5.26 Å². The summed E-state index contributed by atoms with van der Waals surface area (Å²) in [6, 6.07) is 13.3. The van der Waals surface area contributed by atoms with Gasteiger partial charge in [0, 0.05) is 48.9 Å². The summed E-state index contributed by atoms with van der Waals surface area (Å²) in [7, 11) is 0. The van der Waals surface area contributed by atoms with Gasteiger partial charge in [-0.15, -0.1) is 11.8 Å². The summed E-state index contributed by atoms with van der Waals surface area (Å²) in [6.45, 7) is 18.8. The van der Waals surface area contributed by atoms with Crippen LogP contribution in [-0.4, -0.2) is 72.6 Å². The first-order valence-electron chi connectivity index (χ1n) is 16.9. The predicted molar refractivity (Wildman–Crippen MR) is 201 cm³/mol. The molecule has 264 valence electrons. The molecule has 0 aliphatic carbocycles. The summed E-state index contributed by atoms with van der Waals surface area (Å²) < 4.78 is 0. The molecule has 0 radical (unpaired) electrons. The lowest BCUT2D eigenvalue weighted by atomic mass is 10.1.